The molecule has 1 amide bonds. The fourth-order valence-electron chi connectivity index (χ4n) is 3.90. The Balaban J connectivity index is 1.55. The van der Waals surface area contributed by atoms with Gasteiger partial charge in [-0.15, -0.1) is 0 Å². The SMILES string of the molecule is COc1ncc(-c2cccc3c2C[C@H](C(COCC(F)(F)F)ONC(=O)c2cccnc2)CO3)cc1F. The highest BCUT2D eigenvalue weighted by Gasteiger charge is 2.33. The number of rotatable bonds is 9. The average molecular weight is 521 g/mol. The number of benzene rings is 1. The van der Waals surface area contributed by atoms with E-state index in [1.54, 1.807) is 24.3 Å². The summed E-state index contributed by atoms with van der Waals surface area (Å²) in [5.74, 6) is -1.38. The van der Waals surface area contributed by atoms with E-state index >= 15 is 0 Å². The number of carbonyl (C=O) groups excluding carboxylic acids is 1. The molecule has 3 aromatic rings. The Morgan fingerprint density at radius 2 is 2.08 bits per heavy atom. The Kier molecular flexibility index (Phi) is 8.19. The number of pyridine rings is 2. The maximum Gasteiger partial charge on any atom is 0.411 e. The summed E-state index contributed by atoms with van der Waals surface area (Å²) >= 11 is 0. The van der Waals surface area contributed by atoms with Crippen LogP contribution in [0.15, 0.2) is 55.0 Å². The Hall–Kier alpha value is -3.77. The lowest BCUT2D eigenvalue weighted by Crippen LogP contribution is -2.42. The van der Waals surface area contributed by atoms with Crippen LogP contribution in [-0.4, -0.2) is 55.1 Å². The summed E-state index contributed by atoms with van der Waals surface area (Å²) in [4.78, 5) is 25.8. The minimum Gasteiger partial charge on any atom is -0.493 e. The highest BCUT2D eigenvalue weighted by Crippen LogP contribution is 2.37. The molecule has 4 rings (SSSR count). The molecule has 0 aliphatic carbocycles. The maximum absolute atomic E-state index is 14.3. The van der Waals surface area contributed by atoms with Crippen molar-refractivity contribution in [2.24, 2.45) is 5.92 Å². The Bertz CT molecular complexity index is 1230. The zero-order valence-electron chi connectivity index (χ0n) is 19.6. The fraction of sp³-hybridized carbons (Fsp3) is 0.320. The van der Waals surface area contributed by atoms with Crippen LogP contribution in [0.4, 0.5) is 17.6 Å². The van der Waals surface area contributed by atoms with Gasteiger partial charge < -0.3 is 14.2 Å². The number of aromatic nitrogens is 2. The second-order valence-corrected chi connectivity index (χ2v) is 8.23. The first-order valence-electron chi connectivity index (χ1n) is 11.2. The number of nitrogens with zero attached hydrogens (tertiary/aromatic N) is 2. The second-order valence-electron chi connectivity index (χ2n) is 8.23. The van der Waals surface area contributed by atoms with Crippen LogP contribution in [-0.2, 0) is 16.0 Å². The molecular formula is C25H23F4N3O5. The van der Waals surface area contributed by atoms with Crippen molar-refractivity contribution in [2.75, 3.05) is 26.9 Å². The molecule has 1 unspecified atom stereocenters. The van der Waals surface area contributed by atoms with Crippen LogP contribution in [0.1, 0.15) is 15.9 Å². The number of nitrogens with one attached hydrogen (secondary N) is 1. The summed E-state index contributed by atoms with van der Waals surface area (Å²) in [5, 5.41) is 0. The minimum absolute atomic E-state index is 0.0918. The molecule has 0 radical (unpaired) electrons. The van der Waals surface area contributed by atoms with E-state index in [4.69, 9.17) is 19.0 Å². The number of hydrogen-bond donors (Lipinski definition) is 1. The van der Waals surface area contributed by atoms with Crippen molar-refractivity contribution in [1.82, 2.24) is 15.4 Å². The number of carbonyl (C=O) groups is 1. The number of hydroxylamine groups is 1. The van der Waals surface area contributed by atoms with Crippen molar-refractivity contribution in [3.05, 3.63) is 71.9 Å². The summed E-state index contributed by atoms with van der Waals surface area (Å²) < 4.78 is 68.0. The van der Waals surface area contributed by atoms with Gasteiger partial charge in [-0.2, -0.15) is 13.2 Å². The van der Waals surface area contributed by atoms with Gasteiger partial charge in [0.2, 0.25) is 5.88 Å². The summed E-state index contributed by atoms with van der Waals surface area (Å²) in [6.07, 6.45) is -0.962. The summed E-state index contributed by atoms with van der Waals surface area (Å²) in [5.41, 5.74) is 4.26. The molecule has 0 bridgehead atoms. The monoisotopic (exact) mass is 521 g/mol. The lowest BCUT2D eigenvalue weighted by Gasteiger charge is -2.32. The van der Waals surface area contributed by atoms with E-state index in [1.165, 1.54) is 37.8 Å². The predicted octanol–water partition coefficient (Wildman–Crippen LogP) is 4.15. The van der Waals surface area contributed by atoms with Crippen LogP contribution in [0.3, 0.4) is 0 Å². The second kappa shape index (κ2) is 11.5. The van der Waals surface area contributed by atoms with Crippen LogP contribution in [0.5, 0.6) is 11.6 Å². The third kappa shape index (κ3) is 6.71. The van der Waals surface area contributed by atoms with Crippen LogP contribution in [0.2, 0.25) is 0 Å². The molecule has 1 aliphatic heterocycles. The van der Waals surface area contributed by atoms with Gasteiger partial charge in [-0.25, -0.2) is 14.9 Å². The fourth-order valence-corrected chi connectivity index (χ4v) is 3.90. The third-order valence-corrected chi connectivity index (χ3v) is 5.66. The Labute approximate surface area is 209 Å². The number of amides is 1. The first kappa shape index (κ1) is 26.3. The number of hydrogen-bond acceptors (Lipinski definition) is 7. The molecule has 1 N–H and O–H groups in total. The highest BCUT2D eigenvalue weighted by atomic mass is 19.4. The van der Waals surface area contributed by atoms with Gasteiger partial charge in [0.15, 0.2) is 5.82 Å². The third-order valence-electron chi connectivity index (χ3n) is 5.66. The van der Waals surface area contributed by atoms with E-state index in [0.29, 0.717) is 28.9 Å². The zero-order chi connectivity index (χ0) is 26.4. The van der Waals surface area contributed by atoms with Gasteiger partial charge in [-0.05, 0) is 36.2 Å². The molecule has 3 heterocycles. The molecule has 1 aromatic carbocycles. The lowest BCUT2D eigenvalue weighted by molar-refractivity contribution is -0.187. The van der Waals surface area contributed by atoms with Crippen molar-refractivity contribution in [3.63, 3.8) is 0 Å². The first-order chi connectivity index (χ1) is 17.7. The molecule has 0 spiro atoms. The Morgan fingerprint density at radius 3 is 2.78 bits per heavy atom. The zero-order valence-corrected chi connectivity index (χ0v) is 19.6. The summed E-state index contributed by atoms with van der Waals surface area (Å²) in [7, 11) is 1.31. The molecule has 0 fully saturated rings. The minimum atomic E-state index is -4.53. The van der Waals surface area contributed by atoms with Gasteiger partial charge in [0.1, 0.15) is 18.5 Å². The van der Waals surface area contributed by atoms with E-state index in [9.17, 15) is 22.4 Å². The highest BCUT2D eigenvalue weighted by molar-refractivity contribution is 5.93. The van der Waals surface area contributed by atoms with Crippen molar-refractivity contribution >= 4 is 5.91 Å². The van der Waals surface area contributed by atoms with Crippen molar-refractivity contribution < 1.29 is 41.4 Å². The van der Waals surface area contributed by atoms with Crippen LogP contribution in [0.25, 0.3) is 11.1 Å². The molecule has 37 heavy (non-hydrogen) atoms. The van der Waals surface area contributed by atoms with Crippen molar-refractivity contribution in [1.29, 1.82) is 0 Å². The van der Waals surface area contributed by atoms with Crippen LogP contribution < -0.4 is 15.0 Å². The number of alkyl halides is 3. The van der Waals surface area contributed by atoms with Gasteiger partial charge in [-0.1, -0.05) is 12.1 Å². The molecule has 2 aromatic heterocycles. The standard InChI is InChI=1S/C25H23F4N3O5/c1-34-24-20(26)9-16(11-31-24)18-5-2-6-21-19(18)8-17(12-36-21)22(13-35-14-25(27,28)29)37-32-23(33)15-4-3-7-30-10-15/h2-7,9-11,17,22H,8,12-14H2,1H3,(H,32,33)/t17-,22?/m0/s1. The van der Waals surface area contributed by atoms with E-state index in [-0.39, 0.29) is 18.1 Å². The van der Waals surface area contributed by atoms with Gasteiger partial charge in [0.05, 0.1) is 25.9 Å². The van der Waals surface area contributed by atoms with Gasteiger partial charge in [-0.3, -0.25) is 14.6 Å². The largest absolute Gasteiger partial charge is 0.493 e. The Morgan fingerprint density at radius 1 is 1.24 bits per heavy atom. The van der Waals surface area contributed by atoms with Crippen LogP contribution in [0, 0.1) is 11.7 Å². The molecule has 12 heteroatoms. The van der Waals surface area contributed by atoms with Crippen LogP contribution >= 0.6 is 0 Å². The summed E-state index contributed by atoms with van der Waals surface area (Å²) in [6.45, 7) is -1.85. The summed E-state index contributed by atoms with van der Waals surface area (Å²) in [6, 6.07) is 9.58. The molecule has 0 saturated heterocycles. The number of ether oxygens (including phenoxy) is 3. The number of methoxy groups -OCH3 is 1. The molecule has 196 valence electrons. The lowest BCUT2D eigenvalue weighted by atomic mass is 9.87. The number of fused-ring (bicyclic) bond motifs is 1. The molecule has 2 atom stereocenters. The molecule has 1 aliphatic rings. The molecular weight excluding hydrogens is 498 g/mol. The van der Waals surface area contributed by atoms with Gasteiger partial charge >= 0.3 is 6.18 Å². The van der Waals surface area contributed by atoms with Gasteiger partial charge in [0.25, 0.3) is 5.91 Å². The molecule has 0 saturated carbocycles. The quantitative estimate of drug-likeness (QED) is 0.334. The normalized spacial score (nSPS) is 15.9. The first-order valence-corrected chi connectivity index (χ1v) is 11.2. The van der Waals surface area contributed by atoms with Gasteiger partial charge in [0, 0.05) is 35.6 Å². The maximum atomic E-state index is 14.3. The topological polar surface area (TPSA) is 91.8 Å². The smallest absolute Gasteiger partial charge is 0.411 e. The van der Waals surface area contributed by atoms with Crippen molar-refractivity contribution in [2.45, 2.75) is 18.7 Å². The average Bonchev–Trinajstić information content (AvgIpc) is 2.89. The number of halogens is 4. The van der Waals surface area contributed by atoms with E-state index in [1.807, 2.05) is 0 Å². The van der Waals surface area contributed by atoms with E-state index < -0.39 is 43.1 Å². The molecule has 8 nitrogen and oxygen atoms in total. The van der Waals surface area contributed by atoms with E-state index in [0.717, 1.165) is 0 Å². The predicted molar refractivity (Wildman–Crippen MR) is 122 cm³/mol. The van der Waals surface area contributed by atoms with E-state index in [2.05, 4.69) is 15.4 Å². The van der Waals surface area contributed by atoms with Crippen molar-refractivity contribution in [3.8, 4) is 22.8 Å².